The second kappa shape index (κ2) is 7.17. The second-order valence-corrected chi connectivity index (χ2v) is 5.35. The van der Waals surface area contributed by atoms with Crippen molar-refractivity contribution in [2.75, 3.05) is 18.5 Å². The first-order valence-electron chi connectivity index (χ1n) is 7.20. The van der Waals surface area contributed by atoms with Gasteiger partial charge < -0.3 is 10.1 Å². The highest BCUT2D eigenvalue weighted by Gasteiger charge is 2.17. The fourth-order valence-corrected chi connectivity index (χ4v) is 2.17. The third-order valence-electron chi connectivity index (χ3n) is 3.72. The molecule has 1 fully saturated rings. The van der Waals surface area contributed by atoms with Crippen LogP contribution in [0.1, 0.15) is 37.7 Å². The highest BCUT2D eigenvalue weighted by atomic mass is 16.5. The van der Waals surface area contributed by atoms with Gasteiger partial charge in [-0.2, -0.15) is 0 Å². The first-order valence-corrected chi connectivity index (χ1v) is 7.20. The zero-order valence-corrected chi connectivity index (χ0v) is 11.7. The summed E-state index contributed by atoms with van der Waals surface area (Å²) < 4.78 is 5.23. The summed E-state index contributed by atoms with van der Waals surface area (Å²) in [4.78, 5) is 11.5. The number of benzene rings is 1. The Hall–Kier alpha value is -1.51. The van der Waals surface area contributed by atoms with E-state index in [1.165, 1.54) is 24.8 Å². The van der Waals surface area contributed by atoms with Crippen LogP contribution in [-0.4, -0.2) is 19.1 Å². The Morgan fingerprint density at radius 1 is 1.32 bits per heavy atom. The summed E-state index contributed by atoms with van der Waals surface area (Å²) >= 11 is 0. The number of carbonyl (C=O) groups excluding carboxylic acids is 1. The minimum atomic E-state index is -0.0982. The van der Waals surface area contributed by atoms with Gasteiger partial charge in [-0.25, -0.2) is 0 Å². The average Bonchev–Trinajstić information content (AvgIpc) is 2.35. The number of rotatable bonds is 7. The average molecular weight is 261 g/mol. The summed E-state index contributed by atoms with van der Waals surface area (Å²) in [7, 11) is 0. The molecule has 104 valence electrons. The van der Waals surface area contributed by atoms with Gasteiger partial charge in [0, 0.05) is 12.2 Å². The molecular weight excluding hydrogens is 238 g/mol. The maximum atomic E-state index is 11.5. The van der Waals surface area contributed by atoms with E-state index in [4.69, 9.17) is 4.74 Å². The zero-order chi connectivity index (χ0) is 13.5. The molecule has 0 bridgehead atoms. The molecule has 0 radical (unpaired) electrons. The van der Waals surface area contributed by atoms with Gasteiger partial charge in [0.1, 0.15) is 0 Å². The van der Waals surface area contributed by atoms with Crippen LogP contribution in [0.3, 0.4) is 0 Å². The molecule has 0 heterocycles. The van der Waals surface area contributed by atoms with Crippen molar-refractivity contribution in [3.8, 4) is 0 Å². The lowest BCUT2D eigenvalue weighted by atomic mass is 9.83. The molecule has 1 N–H and O–H groups in total. The minimum absolute atomic E-state index is 0.0982. The number of esters is 1. The Morgan fingerprint density at radius 3 is 2.68 bits per heavy atom. The maximum Gasteiger partial charge on any atom is 0.307 e. The van der Waals surface area contributed by atoms with Gasteiger partial charge in [-0.05, 0) is 31.4 Å². The summed E-state index contributed by atoms with van der Waals surface area (Å²) in [6.07, 6.45) is 5.44. The number of carbonyl (C=O) groups is 1. The van der Waals surface area contributed by atoms with Crippen molar-refractivity contribution < 1.29 is 9.53 Å². The Kier molecular flexibility index (Phi) is 5.25. The number of nitrogens with one attached hydrogen (secondary N) is 1. The van der Waals surface area contributed by atoms with Crippen molar-refractivity contribution in [3.05, 3.63) is 29.8 Å². The molecule has 1 saturated carbocycles. The third-order valence-corrected chi connectivity index (χ3v) is 3.72. The molecule has 1 aliphatic rings. The molecule has 0 spiro atoms. The molecule has 1 aliphatic carbocycles. The summed E-state index contributed by atoms with van der Waals surface area (Å²) in [6, 6.07) is 8.16. The quantitative estimate of drug-likeness (QED) is 0.763. The van der Waals surface area contributed by atoms with E-state index >= 15 is 0 Å². The van der Waals surface area contributed by atoms with Crippen molar-refractivity contribution in [1.29, 1.82) is 0 Å². The van der Waals surface area contributed by atoms with Crippen LogP contribution in [0.25, 0.3) is 0 Å². The maximum absolute atomic E-state index is 11.5. The van der Waals surface area contributed by atoms with Gasteiger partial charge in [0.25, 0.3) is 0 Å². The minimum Gasteiger partial charge on any atom is -0.466 e. The van der Waals surface area contributed by atoms with E-state index in [0.717, 1.165) is 18.0 Å². The zero-order valence-electron chi connectivity index (χ0n) is 11.7. The smallest absolute Gasteiger partial charge is 0.307 e. The SMILES string of the molecule is Cc1ccc(NCCC(=O)OCCC2CCC2)cc1. The van der Waals surface area contributed by atoms with Gasteiger partial charge in [0.05, 0.1) is 13.0 Å². The molecule has 0 unspecified atom stereocenters. The monoisotopic (exact) mass is 261 g/mol. The van der Waals surface area contributed by atoms with Gasteiger partial charge in [0.2, 0.25) is 0 Å². The van der Waals surface area contributed by atoms with Crippen molar-refractivity contribution in [3.63, 3.8) is 0 Å². The summed E-state index contributed by atoms with van der Waals surface area (Å²) in [5.41, 5.74) is 2.29. The van der Waals surface area contributed by atoms with Crippen LogP contribution in [0.5, 0.6) is 0 Å². The Balaban J connectivity index is 1.54. The highest BCUT2D eigenvalue weighted by Crippen LogP contribution is 2.29. The summed E-state index contributed by atoms with van der Waals surface area (Å²) in [5, 5.41) is 3.22. The molecule has 3 heteroatoms. The van der Waals surface area contributed by atoms with Gasteiger partial charge in [0.15, 0.2) is 0 Å². The number of hydrogen-bond donors (Lipinski definition) is 1. The number of anilines is 1. The molecular formula is C16H23NO2. The van der Waals surface area contributed by atoms with E-state index in [1.807, 2.05) is 12.1 Å². The number of aryl methyl sites for hydroxylation is 1. The molecule has 19 heavy (non-hydrogen) atoms. The lowest BCUT2D eigenvalue weighted by Crippen LogP contribution is -2.17. The summed E-state index contributed by atoms with van der Waals surface area (Å²) in [5.74, 6) is 0.706. The van der Waals surface area contributed by atoms with Crippen molar-refractivity contribution in [2.45, 2.75) is 39.0 Å². The third kappa shape index (κ3) is 4.93. The molecule has 0 aromatic heterocycles. The second-order valence-electron chi connectivity index (χ2n) is 5.35. The van der Waals surface area contributed by atoms with Crippen LogP contribution < -0.4 is 5.32 Å². The Labute approximate surface area is 115 Å². The van der Waals surface area contributed by atoms with Gasteiger partial charge in [-0.1, -0.05) is 37.0 Å². The highest BCUT2D eigenvalue weighted by molar-refractivity contribution is 5.70. The van der Waals surface area contributed by atoms with E-state index in [1.54, 1.807) is 0 Å². The van der Waals surface area contributed by atoms with Gasteiger partial charge in [-0.3, -0.25) is 4.79 Å². The molecule has 0 saturated heterocycles. The number of ether oxygens (including phenoxy) is 1. The lowest BCUT2D eigenvalue weighted by Gasteiger charge is -2.24. The molecule has 1 aromatic carbocycles. The molecule has 3 nitrogen and oxygen atoms in total. The first kappa shape index (κ1) is 13.9. The van der Waals surface area contributed by atoms with Crippen molar-refractivity contribution >= 4 is 11.7 Å². The van der Waals surface area contributed by atoms with Gasteiger partial charge >= 0.3 is 5.97 Å². The Morgan fingerprint density at radius 2 is 2.05 bits per heavy atom. The first-order chi connectivity index (χ1) is 9.24. The summed E-state index contributed by atoms with van der Waals surface area (Å²) in [6.45, 7) is 3.28. The van der Waals surface area contributed by atoms with Crippen LogP contribution in [0.4, 0.5) is 5.69 Å². The molecule has 0 atom stereocenters. The lowest BCUT2D eigenvalue weighted by molar-refractivity contribution is -0.143. The normalized spacial score (nSPS) is 14.8. The van der Waals surface area contributed by atoms with Crippen molar-refractivity contribution in [1.82, 2.24) is 0 Å². The van der Waals surface area contributed by atoms with Crippen LogP contribution >= 0.6 is 0 Å². The molecule has 0 amide bonds. The van der Waals surface area contributed by atoms with E-state index in [2.05, 4.69) is 24.4 Å². The molecule has 1 aromatic rings. The fraction of sp³-hybridized carbons (Fsp3) is 0.562. The predicted molar refractivity (Wildman–Crippen MR) is 77.2 cm³/mol. The van der Waals surface area contributed by atoms with Crippen molar-refractivity contribution in [2.24, 2.45) is 5.92 Å². The topological polar surface area (TPSA) is 38.3 Å². The van der Waals surface area contributed by atoms with Crippen LogP contribution in [0.15, 0.2) is 24.3 Å². The van der Waals surface area contributed by atoms with E-state index in [-0.39, 0.29) is 5.97 Å². The largest absolute Gasteiger partial charge is 0.466 e. The van der Waals surface area contributed by atoms with Gasteiger partial charge in [-0.15, -0.1) is 0 Å². The predicted octanol–water partition coefficient (Wildman–Crippen LogP) is 3.53. The van der Waals surface area contributed by atoms with E-state index in [9.17, 15) is 4.79 Å². The van der Waals surface area contributed by atoms with E-state index in [0.29, 0.717) is 19.6 Å². The molecule has 2 rings (SSSR count). The van der Waals surface area contributed by atoms with Crippen LogP contribution in [0, 0.1) is 12.8 Å². The van der Waals surface area contributed by atoms with Crippen LogP contribution in [0.2, 0.25) is 0 Å². The Bertz CT molecular complexity index is 396. The standard InChI is InChI=1S/C16H23NO2/c1-13-5-7-15(8-6-13)17-11-9-16(18)19-12-10-14-3-2-4-14/h5-8,14,17H,2-4,9-12H2,1H3. The van der Waals surface area contributed by atoms with E-state index < -0.39 is 0 Å². The van der Waals surface area contributed by atoms with Crippen LogP contribution in [-0.2, 0) is 9.53 Å². The number of hydrogen-bond acceptors (Lipinski definition) is 3. The fourth-order valence-electron chi connectivity index (χ4n) is 2.17. The molecule has 0 aliphatic heterocycles.